The summed E-state index contributed by atoms with van der Waals surface area (Å²) in [6.07, 6.45) is 0. The van der Waals surface area contributed by atoms with Crippen LogP contribution >= 0.6 is 15.9 Å². The van der Waals surface area contributed by atoms with E-state index in [1.807, 2.05) is 0 Å². The molecule has 0 atom stereocenters. The van der Waals surface area contributed by atoms with Crippen molar-refractivity contribution in [1.82, 2.24) is 4.57 Å². The van der Waals surface area contributed by atoms with Gasteiger partial charge in [0.25, 0.3) is 0 Å². The summed E-state index contributed by atoms with van der Waals surface area (Å²) >= 11 is 3.54. The smallest absolute Gasteiger partial charge is 0.0492 e. The molecule has 0 aliphatic heterocycles. The van der Waals surface area contributed by atoms with Gasteiger partial charge in [0.2, 0.25) is 0 Å². The molecule has 2 aromatic carbocycles. The molecular formula is C14H12BrN. The van der Waals surface area contributed by atoms with E-state index < -0.39 is 0 Å². The molecule has 80 valence electrons. The minimum absolute atomic E-state index is 1.01. The van der Waals surface area contributed by atoms with E-state index >= 15 is 0 Å². The molecule has 16 heavy (non-hydrogen) atoms. The maximum absolute atomic E-state index is 3.54. The summed E-state index contributed by atoms with van der Waals surface area (Å²) in [6.45, 7) is 3.19. The summed E-state index contributed by atoms with van der Waals surface area (Å²) in [5.74, 6) is 0. The van der Waals surface area contributed by atoms with Crippen molar-refractivity contribution >= 4 is 37.7 Å². The standard InChI is InChI=1S/C14H12BrN/c1-2-16-13-6-4-3-5-11(13)12-9-10(15)7-8-14(12)16/h3-9H,2H2,1H3. The van der Waals surface area contributed by atoms with E-state index in [1.54, 1.807) is 0 Å². The highest BCUT2D eigenvalue weighted by Gasteiger charge is 2.08. The van der Waals surface area contributed by atoms with Crippen LogP contribution in [0.15, 0.2) is 46.9 Å². The first-order valence-electron chi connectivity index (χ1n) is 5.47. The number of para-hydroxylation sites is 1. The van der Waals surface area contributed by atoms with Gasteiger partial charge in [0.15, 0.2) is 0 Å². The number of halogens is 1. The average molecular weight is 274 g/mol. The average Bonchev–Trinajstić information content (AvgIpc) is 2.62. The van der Waals surface area contributed by atoms with Crippen molar-refractivity contribution in [2.45, 2.75) is 13.5 Å². The molecule has 1 aromatic heterocycles. The molecule has 1 heterocycles. The molecule has 0 unspecified atom stereocenters. The van der Waals surface area contributed by atoms with Gasteiger partial charge in [0.05, 0.1) is 0 Å². The molecule has 0 saturated heterocycles. The highest BCUT2D eigenvalue weighted by Crippen LogP contribution is 2.30. The van der Waals surface area contributed by atoms with Crippen molar-refractivity contribution in [3.8, 4) is 0 Å². The lowest BCUT2D eigenvalue weighted by atomic mass is 10.2. The van der Waals surface area contributed by atoms with Gasteiger partial charge in [-0.2, -0.15) is 0 Å². The van der Waals surface area contributed by atoms with Gasteiger partial charge in [0.1, 0.15) is 0 Å². The Morgan fingerprint density at radius 1 is 1.00 bits per heavy atom. The van der Waals surface area contributed by atoms with Crippen LogP contribution in [0.2, 0.25) is 0 Å². The summed E-state index contributed by atoms with van der Waals surface area (Å²) < 4.78 is 3.50. The Morgan fingerprint density at radius 3 is 2.56 bits per heavy atom. The molecule has 0 radical (unpaired) electrons. The molecule has 2 heteroatoms. The molecule has 0 aliphatic rings. The maximum atomic E-state index is 3.54. The SMILES string of the molecule is CCn1c2ccccc2c2cc(Br)ccc21. The molecule has 0 saturated carbocycles. The number of benzene rings is 2. The number of rotatable bonds is 1. The minimum Gasteiger partial charge on any atom is -0.341 e. The van der Waals surface area contributed by atoms with Gasteiger partial charge in [0, 0.05) is 32.8 Å². The fourth-order valence-electron chi connectivity index (χ4n) is 2.37. The topological polar surface area (TPSA) is 4.93 Å². The van der Waals surface area contributed by atoms with Crippen molar-refractivity contribution in [3.05, 3.63) is 46.9 Å². The van der Waals surface area contributed by atoms with Crippen LogP contribution in [0.5, 0.6) is 0 Å². The number of hydrogen-bond donors (Lipinski definition) is 0. The number of aryl methyl sites for hydroxylation is 1. The molecule has 1 nitrogen and oxygen atoms in total. The zero-order valence-electron chi connectivity index (χ0n) is 9.07. The summed E-state index contributed by atoms with van der Waals surface area (Å²) in [4.78, 5) is 0. The van der Waals surface area contributed by atoms with E-state index in [9.17, 15) is 0 Å². The van der Waals surface area contributed by atoms with Crippen LogP contribution in [0.3, 0.4) is 0 Å². The van der Waals surface area contributed by atoms with Crippen molar-refractivity contribution in [2.75, 3.05) is 0 Å². The van der Waals surface area contributed by atoms with Crippen LogP contribution in [0.25, 0.3) is 21.8 Å². The zero-order chi connectivity index (χ0) is 11.1. The van der Waals surface area contributed by atoms with Crippen molar-refractivity contribution in [2.24, 2.45) is 0 Å². The van der Waals surface area contributed by atoms with E-state index in [4.69, 9.17) is 0 Å². The van der Waals surface area contributed by atoms with Crippen LogP contribution in [-0.2, 0) is 6.54 Å². The van der Waals surface area contributed by atoms with Crippen LogP contribution < -0.4 is 0 Å². The Kier molecular flexibility index (Phi) is 2.25. The van der Waals surface area contributed by atoms with Gasteiger partial charge >= 0.3 is 0 Å². The largest absolute Gasteiger partial charge is 0.341 e. The van der Waals surface area contributed by atoms with Crippen LogP contribution in [0, 0.1) is 0 Å². The summed E-state index contributed by atoms with van der Waals surface area (Å²) in [5, 5.41) is 2.66. The van der Waals surface area contributed by atoms with Crippen LogP contribution in [0.4, 0.5) is 0 Å². The zero-order valence-corrected chi connectivity index (χ0v) is 10.7. The Balaban J connectivity index is 2.59. The second kappa shape index (κ2) is 3.63. The molecule has 0 N–H and O–H groups in total. The first-order valence-corrected chi connectivity index (χ1v) is 6.27. The third-order valence-electron chi connectivity index (χ3n) is 3.05. The van der Waals surface area contributed by atoms with E-state index in [0.717, 1.165) is 11.0 Å². The molecule has 0 amide bonds. The number of nitrogens with zero attached hydrogens (tertiary/aromatic N) is 1. The van der Waals surface area contributed by atoms with Crippen LogP contribution in [0.1, 0.15) is 6.92 Å². The number of aromatic nitrogens is 1. The Hall–Kier alpha value is -1.28. The van der Waals surface area contributed by atoms with Gasteiger partial charge in [-0.3, -0.25) is 0 Å². The molecule has 0 fully saturated rings. The Labute approximate surface area is 103 Å². The normalized spacial score (nSPS) is 11.4. The number of fused-ring (bicyclic) bond motifs is 3. The molecule has 0 spiro atoms. The number of hydrogen-bond acceptors (Lipinski definition) is 0. The second-order valence-electron chi connectivity index (χ2n) is 3.92. The van der Waals surface area contributed by atoms with Crippen LogP contribution in [-0.4, -0.2) is 4.57 Å². The third-order valence-corrected chi connectivity index (χ3v) is 3.54. The van der Waals surface area contributed by atoms with E-state index in [2.05, 4.69) is 69.9 Å². The lowest BCUT2D eigenvalue weighted by Gasteiger charge is -2.02. The minimum atomic E-state index is 1.01. The first-order chi connectivity index (χ1) is 7.81. The van der Waals surface area contributed by atoms with Crippen molar-refractivity contribution < 1.29 is 0 Å². The van der Waals surface area contributed by atoms with E-state index in [0.29, 0.717) is 0 Å². The highest BCUT2D eigenvalue weighted by atomic mass is 79.9. The fraction of sp³-hybridized carbons (Fsp3) is 0.143. The predicted octanol–water partition coefficient (Wildman–Crippen LogP) is 4.58. The molecular weight excluding hydrogens is 262 g/mol. The third kappa shape index (κ3) is 1.30. The van der Waals surface area contributed by atoms with Crippen molar-refractivity contribution in [1.29, 1.82) is 0 Å². The summed E-state index contributed by atoms with van der Waals surface area (Å²) in [5.41, 5.74) is 2.63. The lowest BCUT2D eigenvalue weighted by Crippen LogP contribution is -1.92. The fourth-order valence-corrected chi connectivity index (χ4v) is 2.73. The van der Waals surface area contributed by atoms with Gasteiger partial charge in [-0.15, -0.1) is 0 Å². The van der Waals surface area contributed by atoms with E-state index in [-0.39, 0.29) is 0 Å². The maximum Gasteiger partial charge on any atom is 0.0492 e. The molecule has 0 aliphatic carbocycles. The van der Waals surface area contributed by atoms with Crippen molar-refractivity contribution in [3.63, 3.8) is 0 Å². The monoisotopic (exact) mass is 273 g/mol. The molecule has 0 bridgehead atoms. The predicted molar refractivity (Wildman–Crippen MR) is 72.8 cm³/mol. The summed E-state index contributed by atoms with van der Waals surface area (Å²) in [6, 6.07) is 15.1. The molecule has 3 aromatic rings. The summed E-state index contributed by atoms with van der Waals surface area (Å²) in [7, 11) is 0. The van der Waals surface area contributed by atoms with Gasteiger partial charge in [-0.1, -0.05) is 34.1 Å². The Morgan fingerprint density at radius 2 is 1.75 bits per heavy atom. The highest BCUT2D eigenvalue weighted by molar-refractivity contribution is 9.10. The lowest BCUT2D eigenvalue weighted by molar-refractivity contribution is 0.827. The first kappa shape index (κ1) is 9.91. The van der Waals surface area contributed by atoms with Gasteiger partial charge in [-0.25, -0.2) is 0 Å². The second-order valence-corrected chi connectivity index (χ2v) is 4.84. The molecule has 3 rings (SSSR count). The quantitative estimate of drug-likeness (QED) is 0.612. The van der Waals surface area contributed by atoms with E-state index in [1.165, 1.54) is 21.8 Å². The van der Waals surface area contributed by atoms with Gasteiger partial charge in [-0.05, 0) is 31.2 Å². The van der Waals surface area contributed by atoms with Gasteiger partial charge < -0.3 is 4.57 Å². The Bertz CT molecular complexity index is 667.